The number of nitrogens with one attached hydrogen (secondary N) is 1. The van der Waals surface area contributed by atoms with Gasteiger partial charge in [0, 0.05) is 23.1 Å². The summed E-state index contributed by atoms with van der Waals surface area (Å²) in [6.45, 7) is 0. The van der Waals surface area contributed by atoms with Crippen LogP contribution in [0.5, 0.6) is 5.75 Å². The largest absolute Gasteiger partial charge is 0.506 e. The van der Waals surface area contributed by atoms with Crippen LogP contribution in [-0.2, 0) is 17.6 Å². The van der Waals surface area contributed by atoms with Crippen molar-refractivity contribution in [2.45, 2.75) is 30.7 Å². The maximum atomic E-state index is 12.6. The molecular formula is C24H20N4O4S2. The first kappa shape index (κ1) is 22.3. The number of carbonyl (C=O) groups excluding carboxylic acids is 1. The Hall–Kier alpha value is -3.50. The van der Waals surface area contributed by atoms with Crippen LogP contribution in [0.3, 0.4) is 0 Å². The van der Waals surface area contributed by atoms with Crippen molar-refractivity contribution in [3.8, 4) is 16.9 Å². The van der Waals surface area contributed by atoms with Gasteiger partial charge in [-0.3, -0.25) is 14.9 Å². The van der Waals surface area contributed by atoms with Crippen molar-refractivity contribution in [1.29, 1.82) is 0 Å². The zero-order chi connectivity index (χ0) is 23.7. The number of phenolic OH excluding ortho intramolecular Hbond substituents is 1. The third kappa shape index (κ3) is 4.46. The summed E-state index contributed by atoms with van der Waals surface area (Å²) in [5.74, 6) is -0.618. The lowest BCUT2D eigenvalue weighted by Gasteiger charge is -2.16. The van der Waals surface area contributed by atoms with Gasteiger partial charge in [-0.2, -0.15) is 0 Å². The van der Waals surface area contributed by atoms with Crippen LogP contribution in [0.1, 0.15) is 24.0 Å². The fraction of sp³-hybridized carbons (Fsp3) is 0.208. The number of phenols is 1. The van der Waals surface area contributed by atoms with Gasteiger partial charge in [-0.05, 0) is 48.4 Å². The Bertz CT molecular complexity index is 1420. The second-order valence-corrected chi connectivity index (χ2v) is 9.82. The molecule has 2 aromatic heterocycles. The molecule has 2 N–H and O–H groups in total. The van der Waals surface area contributed by atoms with Crippen molar-refractivity contribution in [2.75, 3.05) is 11.1 Å². The smallest absolute Gasteiger partial charge is 0.271 e. The number of aromatic nitrogens is 2. The number of nitro benzene ring substituents is 1. The monoisotopic (exact) mass is 492 g/mol. The van der Waals surface area contributed by atoms with Crippen LogP contribution in [0.4, 0.5) is 11.4 Å². The van der Waals surface area contributed by atoms with Crippen molar-refractivity contribution in [2.24, 2.45) is 0 Å². The highest BCUT2D eigenvalue weighted by atomic mass is 32.2. The highest BCUT2D eigenvalue weighted by Gasteiger charge is 2.18. The molecule has 8 nitrogen and oxygen atoms in total. The normalized spacial score (nSPS) is 12.9. The number of nitro groups is 1. The van der Waals surface area contributed by atoms with Crippen molar-refractivity contribution in [3.63, 3.8) is 0 Å². The number of hydrogen-bond acceptors (Lipinski definition) is 8. The summed E-state index contributed by atoms with van der Waals surface area (Å²) >= 11 is 2.81. The van der Waals surface area contributed by atoms with Crippen LogP contribution in [0.15, 0.2) is 53.1 Å². The lowest BCUT2D eigenvalue weighted by molar-refractivity contribution is -0.384. The minimum atomic E-state index is -0.583. The van der Waals surface area contributed by atoms with Crippen LogP contribution in [0, 0.1) is 10.1 Å². The lowest BCUT2D eigenvalue weighted by Crippen LogP contribution is -2.14. The van der Waals surface area contributed by atoms with Crippen molar-refractivity contribution in [3.05, 3.63) is 69.3 Å². The van der Waals surface area contributed by atoms with Crippen molar-refractivity contribution in [1.82, 2.24) is 9.97 Å². The molecule has 0 unspecified atom stereocenters. The van der Waals surface area contributed by atoms with E-state index in [-0.39, 0.29) is 22.9 Å². The molecule has 5 rings (SSSR count). The molecule has 1 amide bonds. The van der Waals surface area contributed by atoms with E-state index >= 15 is 0 Å². The molecule has 1 aliphatic rings. The van der Waals surface area contributed by atoms with Crippen LogP contribution in [0.25, 0.3) is 21.3 Å². The summed E-state index contributed by atoms with van der Waals surface area (Å²) in [5.41, 5.74) is 4.76. The molecule has 2 aromatic carbocycles. The molecule has 0 fully saturated rings. The SMILES string of the molecule is O=C(CSc1ncnc2scc(-c3ccc4c(c3)CCCC4)c12)Nc1cc([N+](=O)[O-])ccc1O. The fourth-order valence-corrected chi connectivity index (χ4v) is 5.92. The molecule has 0 saturated heterocycles. The Kier molecular flexibility index (Phi) is 6.16. The molecule has 0 aliphatic heterocycles. The Balaban J connectivity index is 1.38. The molecule has 172 valence electrons. The molecule has 1 aliphatic carbocycles. The molecule has 10 heteroatoms. The third-order valence-corrected chi connectivity index (χ3v) is 7.68. The predicted molar refractivity (Wildman–Crippen MR) is 134 cm³/mol. The Labute approximate surface area is 203 Å². The van der Waals surface area contributed by atoms with Crippen LogP contribution in [0.2, 0.25) is 0 Å². The van der Waals surface area contributed by atoms with Gasteiger partial charge in [-0.1, -0.05) is 30.0 Å². The van der Waals surface area contributed by atoms with E-state index in [0.29, 0.717) is 5.03 Å². The van der Waals surface area contributed by atoms with Gasteiger partial charge in [0.05, 0.1) is 21.7 Å². The standard InChI is InChI=1S/C24H20N4O4S2/c29-20-8-7-17(28(31)32)10-19(20)27-21(30)12-34-24-22-18(11-33-23(22)25-13-26-24)16-6-5-14-3-1-2-4-15(14)9-16/h5-11,13,29H,1-4,12H2,(H,27,30). The van der Waals surface area contributed by atoms with E-state index < -0.39 is 10.8 Å². The number of nitrogens with zero attached hydrogens (tertiary/aromatic N) is 3. The molecule has 2 heterocycles. The van der Waals surface area contributed by atoms with Crippen LogP contribution < -0.4 is 5.32 Å². The first-order chi connectivity index (χ1) is 16.5. The molecule has 0 atom stereocenters. The number of anilines is 1. The van der Waals surface area contributed by atoms with E-state index in [1.807, 2.05) is 0 Å². The highest BCUT2D eigenvalue weighted by molar-refractivity contribution is 8.00. The van der Waals surface area contributed by atoms with Gasteiger partial charge < -0.3 is 10.4 Å². The van der Waals surface area contributed by atoms with E-state index in [2.05, 4.69) is 38.9 Å². The van der Waals surface area contributed by atoms with Gasteiger partial charge in [0.25, 0.3) is 5.69 Å². The Morgan fingerprint density at radius 3 is 2.79 bits per heavy atom. The first-order valence-corrected chi connectivity index (χ1v) is 12.6. The first-order valence-electron chi connectivity index (χ1n) is 10.7. The molecular weight excluding hydrogens is 472 g/mol. The summed E-state index contributed by atoms with van der Waals surface area (Å²) in [6.07, 6.45) is 6.15. The van der Waals surface area contributed by atoms with E-state index in [4.69, 9.17) is 0 Å². The van der Waals surface area contributed by atoms with E-state index in [1.165, 1.54) is 54.2 Å². The number of non-ortho nitro benzene ring substituents is 1. The molecule has 0 bridgehead atoms. The number of rotatable bonds is 6. The average Bonchev–Trinajstić information content (AvgIpc) is 3.28. The van der Waals surface area contributed by atoms with Gasteiger partial charge >= 0.3 is 0 Å². The van der Waals surface area contributed by atoms with Crippen LogP contribution >= 0.6 is 23.1 Å². The summed E-state index contributed by atoms with van der Waals surface area (Å²) in [4.78, 5) is 32.6. The molecule has 4 aromatic rings. The molecule has 0 spiro atoms. The number of amides is 1. The van der Waals surface area contributed by atoms with Gasteiger partial charge in [0.15, 0.2) is 0 Å². The van der Waals surface area contributed by atoms with Gasteiger partial charge in [-0.25, -0.2) is 9.97 Å². The quantitative estimate of drug-likeness (QED) is 0.119. The summed E-state index contributed by atoms with van der Waals surface area (Å²) in [7, 11) is 0. The Morgan fingerprint density at radius 1 is 1.15 bits per heavy atom. The summed E-state index contributed by atoms with van der Waals surface area (Å²) in [6, 6.07) is 10.1. The van der Waals surface area contributed by atoms with E-state index in [9.17, 15) is 20.0 Å². The van der Waals surface area contributed by atoms with E-state index in [1.54, 1.807) is 11.3 Å². The second kappa shape index (κ2) is 9.40. The number of carbonyl (C=O) groups is 1. The highest BCUT2D eigenvalue weighted by Crippen LogP contribution is 2.39. The van der Waals surface area contributed by atoms with E-state index in [0.717, 1.165) is 40.3 Å². The maximum Gasteiger partial charge on any atom is 0.271 e. The fourth-order valence-electron chi connectivity index (χ4n) is 4.13. The topological polar surface area (TPSA) is 118 Å². The average molecular weight is 493 g/mol. The van der Waals surface area contributed by atoms with Crippen LogP contribution in [-0.4, -0.2) is 31.7 Å². The second-order valence-electron chi connectivity index (χ2n) is 7.99. The predicted octanol–water partition coefficient (Wildman–Crippen LogP) is 5.58. The lowest BCUT2D eigenvalue weighted by atomic mass is 9.89. The number of thioether (sulfide) groups is 1. The number of thiophene rings is 1. The zero-order valence-corrected chi connectivity index (χ0v) is 19.6. The van der Waals surface area contributed by atoms with Gasteiger partial charge in [-0.15, -0.1) is 11.3 Å². The van der Waals surface area contributed by atoms with Crippen molar-refractivity contribution >= 4 is 50.6 Å². The zero-order valence-electron chi connectivity index (χ0n) is 18.0. The number of fused-ring (bicyclic) bond motifs is 2. The molecule has 0 radical (unpaired) electrons. The van der Waals surface area contributed by atoms with Gasteiger partial charge in [0.1, 0.15) is 21.9 Å². The Morgan fingerprint density at radius 2 is 1.97 bits per heavy atom. The number of aromatic hydroxyl groups is 1. The number of hydrogen-bond donors (Lipinski definition) is 2. The minimum absolute atomic E-state index is 0.00193. The minimum Gasteiger partial charge on any atom is -0.506 e. The third-order valence-electron chi connectivity index (χ3n) is 5.80. The summed E-state index contributed by atoms with van der Waals surface area (Å²) in [5, 5.41) is 27.2. The molecule has 0 saturated carbocycles. The molecule has 34 heavy (non-hydrogen) atoms. The van der Waals surface area contributed by atoms with Crippen molar-refractivity contribution < 1.29 is 14.8 Å². The number of benzene rings is 2. The summed E-state index contributed by atoms with van der Waals surface area (Å²) < 4.78 is 0. The number of aryl methyl sites for hydroxylation is 2. The van der Waals surface area contributed by atoms with Gasteiger partial charge in [0.2, 0.25) is 5.91 Å². The maximum absolute atomic E-state index is 12.6.